The van der Waals surface area contributed by atoms with E-state index in [1.807, 2.05) is 36.4 Å². The standard InChI is InChI=1S/C56H45NO7/c1-38-5-19-46(20-6-38)57(47-21-7-39(2)8-22-47)48-23-13-43(14-24-48)42-11-9-41(10-12-42)37-55(44-15-25-49(60-4)26-16-44)45-17-27-53(28-18-45)63-56(59)64-54-35-33-52(34-36-54)62-51-31-29-50(30-32-51)61-40(3)58/h5-37H,1-4H3. The number of carbonyl (C=O) groups is 2. The Morgan fingerprint density at radius 3 is 1.20 bits per heavy atom. The van der Waals surface area contributed by atoms with E-state index in [9.17, 15) is 9.59 Å². The van der Waals surface area contributed by atoms with E-state index in [0.717, 1.165) is 56.2 Å². The monoisotopic (exact) mass is 843 g/mol. The van der Waals surface area contributed by atoms with Crippen LogP contribution < -0.4 is 28.6 Å². The molecule has 8 heteroatoms. The van der Waals surface area contributed by atoms with Crippen LogP contribution in [0.15, 0.2) is 194 Å². The molecule has 0 saturated heterocycles. The molecule has 0 aliphatic rings. The van der Waals surface area contributed by atoms with Crippen LogP contribution >= 0.6 is 0 Å². The molecule has 0 unspecified atom stereocenters. The second-order valence-electron chi connectivity index (χ2n) is 15.1. The zero-order chi connectivity index (χ0) is 44.4. The minimum absolute atomic E-state index is 0.287. The van der Waals surface area contributed by atoms with Crippen molar-refractivity contribution in [1.29, 1.82) is 0 Å². The van der Waals surface area contributed by atoms with Crippen molar-refractivity contribution in [3.05, 3.63) is 222 Å². The predicted molar refractivity (Wildman–Crippen MR) is 253 cm³/mol. The Morgan fingerprint density at radius 2 is 0.781 bits per heavy atom. The zero-order valence-corrected chi connectivity index (χ0v) is 35.9. The molecule has 0 atom stereocenters. The largest absolute Gasteiger partial charge is 0.519 e. The molecule has 0 fully saturated rings. The summed E-state index contributed by atoms with van der Waals surface area (Å²) in [4.78, 5) is 26.2. The summed E-state index contributed by atoms with van der Waals surface area (Å²) in [6.07, 6.45) is 1.27. The van der Waals surface area contributed by atoms with Gasteiger partial charge in [-0.3, -0.25) is 4.79 Å². The molecule has 0 amide bonds. The van der Waals surface area contributed by atoms with Crippen LogP contribution in [0.3, 0.4) is 0 Å². The summed E-state index contributed by atoms with van der Waals surface area (Å²) >= 11 is 0. The van der Waals surface area contributed by atoms with Gasteiger partial charge in [-0.05, 0) is 163 Å². The first-order valence-corrected chi connectivity index (χ1v) is 20.7. The summed E-state index contributed by atoms with van der Waals surface area (Å²) in [6, 6.07) is 62.8. The van der Waals surface area contributed by atoms with E-state index < -0.39 is 12.1 Å². The first-order valence-electron chi connectivity index (χ1n) is 20.7. The highest BCUT2D eigenvalue weighted by Crippen LogP contribution is 2.37. The number of ether oxygens (including phenoxy) is 5. The number of rotatable bonds is 13. The fourth-order valence-corrected chi connectivity index (χ4v) is 7.05. The van der Waals surface area contributed by atoms with Gasteiger partial charge < -0.3 is 28.6 Å². The molecule has 64 heavy (non-hydrogen) atoms. The van der Waals surface area contributed by atoms with Gasteiger partial charge in [0.25, 0.3) is 0 Å². The lowest BCUT2D eigenvalue weighted by Crippen LogP contribution is -2.13. The fraction of sp³-hybridized carbons (Fsp3) is 0.0714. The number of nitrogens with zero attached hydrogens (tertiary/aromatic N) is 1. The third kappa shape index (κ3) is 10.7. The van der Waals surface area contributed by atoms with Crippen molar-refractivity contribution >= 4 is 40.8 Å². The first kappa shape index (κ1) is 42.3. The SMILES string of the molecule is COc1ccc(C(=Cc2ccc(-c3ccc(N(c4ccc(C)cc4)c4ccc(C)cc4)cc3)cc2)c2ccc(OC(=O)Oc3ccc(Oc4ccc(OC(C)=O)cc4)cc3)cc2)cc1. The average Bonchev–Trinajstić information content (AvgIpc) is 3.31. The van der Waals surface area contributed by atoms with Crippen molar-refractivity contribution in [2.24, 2.45) is 0 Å². The van der Waals surface area contributed by atoms with Gasteiger partial charge in [0.05, 0.1) is 7.11 Å². The maximum Gasteiger partial charge on any atom is 0.519 e. The molecule has 8 rings (SSSR count). The van der Waals surface area contributed by atoms with Crippen LogP contribution in [-0.2, 0) is 4.79 Å². The Kier molecular flexibility index (Phi) is 12.9. The van der Waals surface area contributed by atoms with Crippen LogP contribution in [0.25, 0.3) is 22.8 Å². The summed E-state index contributed by atoms with van der Waals surface area (Å²) in [5.41, 5.74) is 11.9. The molecule has 0 N–H and O–H groups in total. The van der Waals surface area contributed by atoms with Gasteiger partial charge in [0.2, 0.25) is 0 Å². The van der Waals surface area contributed by atoms with Crippen LogP contribution in [0.1, 0.15) is 34.7 Å². The van der Waals surface area contributed by atoms with Gasteiger partial charge in [0.15, 0.2) is 0 Å². The maximum absolute atomic E-state index is 12.8. The molecule has 0 heterocycles. The number of esters is 1. The van der Waals surface area contributed by atoms with Gasteiger partial charge in [0, 0.05) is 24.0 Å². The van der Waals surface area contributed by atoms with E-state index in [1.165, 1.54) is 18.1 Å². The van der Waals surface area contributed by atoms with E-state index in [2.05, 4.69) is 122 Å². The molecule has 8 nitrogen and oxygen atoms in total. The van der Waals surface area contributed by atoms with Gasteiger partial charge in [-0.25, -0.2) is 4.79 Å². The Labute approximate surface area is 373 Å². The van der Waals surface area contributed by atoms with Crippen molar-refractivity contribution in [2.75, 3.05) is 12.0 Å². The van der Waals surface area contributed by atoms with Gasteiger partial charge in [-0.2, -0.15) is 0 Å². The predicted octanol–water partition coefficient (Wildman–Crippen LogP) is 14.3. The number of benzene rings is 8. The third-order valence-corrected chi connectivity index (χ3v) is 10.4. The summed E-state index contributed by atoms with van der Waals surface area (Å²) in [6.45, 7) is 5.55. The molecule has 0 spiro atoms. The van der Waals surface area contributed by atoms with Gasteiger partial charge in [-0.15, -0.1) is 0 Å². The summed E-state index contributed by atoms with van der Waals surface area (Å²) in [5.74, 6) is 2.48. The minimum Gasteiger partial charge on any atom is -0.497 e. The van der Waals surface area contributed by atoms with Gasteiger partial charge in [-0.1, -0.05) is 96.1 Å². The van der Waals surface area contributed by atoms with E-state index >= 15 is 0 Å². The van der Waals surface area contributed by atoms with E-state index in [1.54, 1.807) is 67.8 Å². The Bertz CT molecular complexity index is 2810. The highest BCUT2D eigenvalue weighted by atomic mass is 16.7. The molecule has 0 aliphatic heterocycles. The van der Waals surface area contributed by atoms with E-state index in [4.69, 9.17) is 23.7 Å². The summed E-state index contributed by atoms with van der Waals surface area (Å²) < 4.78 is 27.3. The number of hydrogen-bond donors (Lipinski definition) is 0. The molecule has 0 bridgehead atoms. The van der Waals surface area contributed by atoms with Crippen molar-refractivity contribution < 1.29 is 33.3 Å². The molecule has 0 aliphatic carbocycles. The fourth-order valence-electron chi connectivity index (χ4n) is 7.05. The molecule has 316 valence electrons. The van der Waals surface area contributed by atoms with E-state index in [0.29, 0.717) is 23.0 Å². The highest BCUT2D eigenvalue weighted by Gasteiger charge is 2.14. The second-order valence-corrected chi connectivity index (χ2v) is 15.1. The molecular weight excluding hydrogens is 799 g/mol. The lowest BCUT2D eigenvalue weighted by molar-refractivity contribution is -0.131. The molecular formula is C56H45NO7. The zero-order valence-electron chi connectivity index (χ0n) is 35.9. The van der Waals surface area contributed by atoms with Crippen molar-refractivity contribution in [2.45, 2.75) is 20.8 Å². The molecule has 0 aromatic heterocycles. The van der Waals surface area contributed by atoms with Crippen molar-refractivity contribution in [3.8, 4) is 45.6 Å². The average molecular weight is 844 g/mol. The number of hydrogen-bond acceptors (Lipinski definition) is 8. The highest BCUT2D eigenvalue weighted by molar-refractivity contribution is 5.92. The topological polar surface area (TPSA) is 83.5 Å². The molecule has 0 radical (unpaired) electrons. The lowest BCUT2D eigenvalue weighted by Gasteiger charge is -2.26. The van der Waals surface area contributed by atoms with Crippen LogP contribution in [0.2, 0.25) is 0 Å². The Hall–Kier alpha value is -8.36. The van der Waals surface area contributed by atoms with Crippen LogP contribution in [-0.4, -0.2) is 19.2 Å². The van der Waals surface area contributed by atoms with Crippen LogP contribution in [0.5, 0.6) is 34.5 Å². The first-order chi connectivity index (χ1) is 31.1. The van der Waals surface area contributed by atoms with Gasteiger partial charge in [0.1, 0.15) is 34.5 Å². The number of aryl methyl sites for hydroxylation is 2. The number of anilines is 3. The quantitative estimate of drug-likeness (QED) is 0.0491. The maximum atomic E-state index is 12.8. The van der Waals surface area contributed by atoms with Crippen molar-refractivity contribution in [3.63, 3.8) is 0 Å². The normalized spacial score (nSPS) is 11.0. The molecule has 0 saturated carbocycles. The van der Waals surface area contributed by atoms with Crippen LogP contribution in [0, 0.1) is 13.8 Å². The second kappa shape index (κ2) is 19.6. The Morgan fingerprint density at radius 1 is 0.422 bits per heavy atom. The Balaban J connectivity index is 0.954. The van der Waals surface area contributed by atoms with Crippen molar-refractivity contribution in [1.82, 2.24) is 0 Å². The molecule has 8 aromatic rings. The number of methoxy groups -OCH3 is 1. The minimum atomic E-state index is -0.877. The van der Waals surface area contributed by atoms with E-state index in [-0.39, 0.29) is 5.75 Å². The van der Waals surface area contributed by atoms with Gasteiger partial charge >= 0.3 is 12.1 Å². The number of carbonyl (C=O) groups excluding carboxylic acids is 2. The lowest BCUT2D eigenvalue weighted by atomic mass is 9.95. The third-order valence-electron chi connectivity index (χ3n) is 10.4. The molecule has 8 aromatic carbocycles. The summed E-state index contributed by atoms with van der Waals surface area (Å²) in [7, 11) is 1.65. The van der Waals surface area contributed by atoms with Crippen LogP contribution in [0.4, 0.5) is 21.9 Å². The summed E-state index contributed by atoms with van der Waals surface area (Å²) in [5, 5.41) is 0. The smallest absolute Gasteiger partial charge is 0.497 e.